The minimum atomic E-state index is -0.430. The van der Waals surface area contributed by atoms with Crippen molar-refractivity contribution in [3.63, 3.8) is 0 Å². The normalized spacial score (nSPS) is 29.4. The molecule has 1 aliphatic heterocycles. The molecule has 0 aliphatic carbocycles. The summed E-state index contributed by atoms with van der Waals surface area (Å²) >= 11 is 0. The van der Waals surface area contributed by atoms with Crippen molar-refractivity contribution >= 4 is 0 Å². The molecule has 0 aromatic heterocycles. The van der Waals surface area contributed by atoms with Gasteiger partial charge in [0.05, 0.1) is 5.60 Å². The van der Waals surface area contributed by atoms with Gasteiger partial charge in [-0.15, -0.1) is 0 Å². The first-order chi connectivity index (χ1) is 6.99. The molecule has 0 bridgehead atoms. The average Bonchev–Trinajstić information content (AvgIpc) is 2.27. The number of hydrogen-bond donors (Lipinski definition) is 2. The molecule has 1 unspecified atom stereocenters. The van der Waals surface area contributed by atoms with E-state index in [0.717, 1.165) is 45.4 Å². The van der Waals surface area contributed by atoms with Crippen LogP contribution in [-0.2, 0) is 0 Å². The predicted octanol–water partition coefficient (Wildman–Crippen LogP) is 1.22. The molecular weight excluding hydrogens is 188 g/mol. The summed E-state index contributed by atoms with van der Waals surface area (Å²) in [6.45, 7) is 10.6. The van der Waals surface area contributed by atoms with Crippen molar-refractivity contribution in [3.05, 3.63) is 0 Å². The third-order valence-electron chi connectivity index (χ3n) is 3.14. The molecule has 0 spiro atoms. The zero-order chi connectivity index (χ0) is 11.3. The van der Waals surface area contributed by atoms with Crippen LogP contribution >= 0.6 is 0 Å². The fourth-order valence-electron chi connectivity index (χ4n) is 2.05. The molecule has 1 aliphatic rings. The number of hydrogen-bond acceptors (Lipinski definition) is 3. The first kappa shape index (κ1) is 12.9. The van der Waals surface area contributed by atoms with Gasteiger partial charge < -0.3 is 15.3 Å². The van der Waals surface area contributed by atoms with Gasteiger partial charge in [-0.3, -0.25) is 0 Å². The van der Waals surface area contributed by atoms with Gasteiger partial charge in [-0.05, 0) is 32.7 Å². The van der Waals surface area contributed by atoms with E-state index in [1.807, 2.05) is 6.92 Å². The smallest absolute Gasteiger partial charge is 0.0632 e. The highest BCUT2D eigenvalue weighted by Gasteiger charge is 2.24. The predicted molar refractivity (Wildman–Crippen MR) is 64.1 cm³/mol. The average molecular weight is 214 g/mol. The molecule has 1 rings (SSSR count). The quantitative estimate of drug-likeness (QED) is 0.738. The lowest BCUT2D eigenvalue weighted by molar-refractivity contribution is 0.0447. The van der Waals surface area contributed by atoms with Crippen LogP contribution in [0.25, 0.3) is 0 Å². The van der Waals surface area contributed by atoms with E-state index in [-0.39, 0.29) is 0 Å². The van der Waals surface area contributed by atoms with Crippen LogP contribution in [-0.4, -0.2) is 47.8 Å². The fourth-order valence-corrected chi connectivity index (χ4v) is 2.05. The molecule has 0 amide bonds. The van der Waals surface area contributed by atoms with E-state index in [1.165, 1.54) is 0 Å². The highest BCUT2D eigenvalue weighted by Crippen LogP contribution is 2.20. The Morgan fingerprint density at radius 1 is 1.33 bits per heavy atom. The van der Waals surface area contributed by atoms with E-state index < -0.39 is 5.60 Å². The lowest BCUT2D eigenvalue weighted by atomic mass is 9.98. The summed E-state index contributed by atoms with van der Waals surface area (Å²) in [5.41, 5.74) is -0.430. The third kappa shape index (κ3) is 5.50. The van der Waals surface area contributed by atoms with E-state index in [9.17, 15) is 5.11 Å². The third-order valence-corrected chi connectivity index (χ3v) is 3.14. The maximum absolute atomic E-state index is 9.94. The van der Waals surface area contributed by atoms with Gasteiger partial charge in [0.2, 0.25) is 0 Å². The van der Waals surface area contributed by atoms with Gasteiger partial charge in [-0.2, -0.15) is 0 Å². The number of aliphatic hydroxyl groups is 1. The van der Waals surface area contributed by atoms with E-state index >= 15 is 0 Å². The van der Waals surface area contributed by atoms with Crippen molar-refractivity contribution in [2.75, 3.05) is 26.2 Å². The maximum Gasteiger partial charge on any atom is 0.0632 e. The van der Waals surface area contributed by atoms with Gasteiger partial charge in [0.15, 0.2) is 0 Å². The van der Waals surface area contributed by atoms with Crippen molar-refractivity contribution in [1.82, 2.24) is 10.2 Å². The molecule has 1 heterocycles. The molecule has 0 saturated carbocycles. The topological polar surface area (TPSA) is 35.5 Å². The number of rotatable bonds is 4. The van der Waals surface area contributed by atoms with Crippen LogP contribution in [0.5, 0.6) is 0 Å². The second kappa shape index (κ2) is 5.83. The summed E-state index contributed by atoms with van der Waals surface area (Å²) < 4.78 is 0. The molecule has 1 saturated heterocycles. The largest absolute Gasteiger partial charge is 0.390 e. The Kier molecular flexibility index (Phi) is 5.03. The Balaban J connectivity index is 2.20. The minimum Gasteiger partial charge on any atom is -0.390 e. The van der Waals surface area contributed by atoms with Crippen LogP contribution in [0, 0.1) is 0 Å². The summed E-state index contributed by atoms with van der Waals surface area (Å²) in [5.74, 6) is 0. The monoisotopic (exact) mass is 214 g/mol. The lowest BCUT2D eigenvalue weighted by Crippen LogP contribution is -2.36. The second-order valence-corrected chi connectivity index (χ2v) is 5.30. The maximum atomic E-state index is 9.94. The molecular formula is C12H26N2O. The first-order valence-electron chi connectivity index (χ1n) is 6.18. The van der Waals surface area contributed by atoms with Crippen LogP contribution < -0.4 is 5.32 Å². The van der Waals surface area contributed by atoms with Crippen LogP contribution in [0.2, 0.25) is 0 Å². The Labute approximate surface area is 93.9 Å². The summed E-state index contributed by atoms with van der Waals surface area (Å²) in [6, 6.07) is 0.570. The number of likely N-dealkylation sites (tertiary alicyclic amines) is 1. The molecule has 15 heavy (non-hydrogen) atoms. The summed E-state index contributed by atoms with van der Waals surface area (Å²) in [4.78, 5) is 2.46. The molecule has 3 heteroatoms. The second-order valence-electron chi connectivity index (χ2n) is 5.30. The molecule has 1 atom stereocenters. The molecule has 3 nitrogen and oxygen atoms in total. The number of nitrogens with one attached hydrogen (secondary N) is 1. The molecule has 0 aromatic rings. The minimum absolute atomic E-state index is 0.430. The fraction of sp³-hybridized carbons (Fsp3) is 1.00. The Morgan fingerprint density at radius 2 is 2.07 bits per heavy atom. The van der Waals surface area contributed by atoms with Crippen molar-refractivity contribution in [1.29, 1.82) is 0 Å². The van der Waals surface area contributed by atoms with Crippen LogP contribution in [0.1, 0.15) is 40.0 Å². The molecule has 90 valence electrons. The van der Waals surface area contributed by atoms with Gasteiger partial charge >= 0.3 is 0 Å². The van der Waals surface area contributed by atoms with Gasteiger partial charge in [-0.1, -0.05) is 13.8 Å². The van der Waals surface area contributed by atoms with Gasteiger partial charge in [0.25, 0.3) is 0 Å². The molecule has 0 radical (unpaired) electrons. The van der Waals surface area contributed by atoms with Crippen LogP contribution in [0.15, 0.2) is 0 Å². The standard InChI is InChI=1S/C12H26N2O/c1-11(2)13-7-10-14-8-4-5-12(3,15)6-9-14/h11,13,15H,4-10H2,1-3H3. The molecule has 1 fully saturated rings. The zero-order valence-electron chi connectivity index (χ0n) is 10.4. The highest BCUT2D eigenvalue weighted by atomic mass is 16.3. The van der Waals surface area contributed by atoms with Crippen molar-refractivity contribution in [3.8, 4) is 0 Å². The summed E-state index contributed by atoms with van der Waals surface area (Å²) in [7, 11) is 0. The zero-order valence-corrected chi connectivity index (χ0v) is 10.4. The Hall–Kier alpha value is -0.120. The van der Waals surface area contributed by atoms with Crippen molar-refractivity contribution in [2.45, 2.75) is 51.7 Å². The van der Waals surface area contributed by atoms with Gasteiger partial charge in [-0.25, -0.2) is 0 Å². The Bertz CT molecular complexity index is 180. The highest BCUT2D eigenvalue weighted by molar-refractivity contribution is 4.79. The first-order valence-corrected chi connectivity index (χ1v) is 6.18. The summed E-state index contributed by atoms with van der Waals surface area (Å²) in [5, 5.41) is 13.4. The number of nitrogens with zero attached hydrogens (tertiary/aromatic N) is 1. The van der Waals surface area contributed by atoms with E-state index in [1.54, 1.807) is 0 Å². The van der Waals surface area contributed by atoms with E-state index in [0.29, 0.717) is 6.04 Å². The van der Waals surface area contributed by atoms with Gasteiger partial charge in [0.1, 0.15) is 0 Å². The van der Waals surface area contributed by atoms with Crippen LogP contribution in [0.3, 0.4) is 0 Å². The van der Waals surface area contributed by atoms with Crippen molar-refractivity contribution < 1.29 is 5.11 Å². The molecule has 0 aromatic carbocycles. The van der Waals surface area contributed by atoms with E-state index in [4.69, 9.17) is 0 Å². The lowest BCUT2D eigenvalue weighted by Gasteiger charge is -2.22. The molecule has 2 N–H and O–H groups in total. The Morgan fingerprint density at radius 3 is 2.73 bits per heavy atom. The van der Waals surface area contributed by atoms with Gasteiger partial charge in [0, 0.05) is 25.7 Å². The van der Waals surface area contributed by atoms with E-state index in [2.05, 4.69) is 24.1 Å². The van der Waals surface area contributed by atoms with Crippen LogP contribution in [0.4, 0.5) is 0 Å². The van der Waals surface area contributed by atoms with Crippen molar-refractivity contribution in [2.24, 2.45) is 0 Å². The summed E-state index contributed by atoms with van der Waals surface area (Å²) in [6.07, 6.45) is 2.98. The SMILES string of the molecule is CC(C)NCCN1CCCC(C)(O)CC1.